The Morgan fingerprint density at radius 3 is 3.00 bits per heavy atom. The highest BCUT2D eigenvalue weighted by Gasteiger charge is 2.22. The molecule has 0 unspecified atom stereocenters. The van der Waals surface area contributed by atoms with Crippen LogP contribution in [0.4, 0.5) is 11.9 Å². The number of hydrogen-bond acceptors (Lipinski definition) is 7. The number of aromatic nitrogens is 6. The number of piperidine rings is 1. The van der Waals surface area contributed by atoms with Gasteiger partial charge in [-0.25, -0.2) is 4.98 Å². The van der Waals surface area contributed by atoms with E-state index in [0.29, 0.717) is 30.6 Å². The lowest BCUT2D eigenvalue weighted by atomic mass is 10.1. The summed E-state index contributed by atoms with van der Waals surface area (Å²) < 4.78 is 2.46. The van der Waals surface area contributed by atoms with E-state index in [-0.39, 0.29) is 6.10 Å². The lowest BCUT2D eigenvalue weighted by Gasteiger charge is -2.30. The minimum Gasteiger partial charge on any atom is -0.391 e. The number of benzene rings is 1. The molecule has 1 aliphatic rings. The summed E-state index contributed by atoms with van der Waals surface area (Å²) >= 11 is 3.50. The number of halogens is 1. The van der Waals surface area contributed by atoms with E-state index < -0.39 is 0 Å². The molecule has 3 aromatic heterocycles. The first-order valence-electron chi connectivity index (χ1n) is 9.19. The summed E-state index contributed by atoms with van der Waals surface area (Å²) in [6.45, 7) is 1.83. The van der Waals surface area contributed by atoms with Crippen molar-refractivity contribution in [2.24, 2.45) is 0 Å². The van der Waals surface area contributed by atoms with Gasteiger partial charge in [0.1, 0.15) is 5.82 Å². The van der Waals surface area contributed by atoms with Gasteiger partial charge in [0.15, 0.2) is 5.65 Å². The van der Waals surface area contributed by atoms with E-state index in [4.69, 9.17) is 0 Å². The number of nitrogens with zero attached hydrogens (tertiary/aromatic N) is 6. The normalized spacial score (nSPS) is 17.5. The number of nitrogens with one attached hydrogen (secondary N) is 2. The maximum atomic E-state index is 10.0. The van der Waals surface area contributed by atoms with Crippen LogP contribution in [0.15, 0.2) is 34.9 Å². The number of fused-ring (bicyclic) bond motifs is 2. The fourth-order valence-electron chi connectivity index (χ4n) is 3.48. The van der Waals surface area contributed by atoms with Crippen molar-refractivity contribution in [2.75, 3.05) is 23.3 Å². The molecule has 0 saturated carbocycles. The van der Waals surface area contributed by atoms with E-state index in [2.05, 4.69) is 46.3 Å². The Bertz CT molecular complexity index is 1110. The van der Waals surface area contributed by atoms with E-state index in [1.165, 1.54) is 0 Å². The molecule has 5 rings (SSSR count). The van der Waals surface area contributed by atoms with Crippen LogP contribution in [0.25, 0.3) is 16.7 Å². The van der Waals surface area contributed by atoms with Crippen molar-refractivity contribution < 1.29 is 5.11 Å². The molecule has 0 spiro atoms. The zero-order valence-corrected chi connectivity index (χ0v) is 16.6. The monoisotopic (exact) mass is 442 g/mol. The van der Waals surface area contributed by atoms with E-state index in [9.17, 15) is 5.11 Å². The van der Waals surface area contributed by atoms with Crippen LogP contribution in [0.2, 0.25) is 0 Å². The van der Waals surface area contributed by atoms with Crippen molar-refractivity contribution in [1.29, 1.82) is 0 Å². The third-order valence-corrected chi connectivity index (χ3v) is 5.40. The molecule has 0 aliphatic carbocycles. The predicted octanol–water partition coefficient (Wildman–Crippen LogP) is 2.34. The first-order valence-corrected chi connectivity index (χ1v) is 9.98. The van der Waals surface area contributed by atoms with Gasteiger partial charge in [-0.15, -0.1) is 0 Å². The van der Waals surface area contributed by atoms with Gasteiger partial charge in [0, 0.05) is 13.1 Å². The third kappa shape index (κ3) is 3.18. The molecule has 0 amide bonds. The van der Waals surface area contributed by atoms with E-state index in [1.54, 1.807) is 10.7 Å². The van der Waals surface area contributed by atoms with Crippen LogP contribution in [0, 0.1) is 0 Å². The number of para-hydroxylation sites is 2. The first-order chi connectivity index (χ1) is 13.7. The van der Waals surface area contributed by atoms with Crippen LogP contribution >= 0.6 is 15.9 Å². The van der Waals surface area contributed by atoms with Gasteiger partial charge in [0.2, 0.25) is 11.9 Å². The highest BCUT2D eigenvalue weighted by atomic mass is 79.9. The topological polar surface area (TPSA) is 107 Å². The van der Waals surface area contributed by atoms with Gasteiger partial charge in [0.05, 0.1) is 34.4 Å². The molecule has 4 aromatic rings. The smallest absolute Gasteiger partial charge is 0.230 e. The van der Waals surface area contributed by atoms with Gasteiger partial charge in [-0.3, -0.25) is 0 Å². The zero-order chi connectivity index (χ0) is 19.1. The van der Waals surface area contributed by atoms with Crippen molar-refractivity contribution in [3.63, 3.8) is 0 Å². The SMILES string of the molecule is O[C@H]1CCCN(c2nc(NCc3nc4ccccc4[nH]3)n3ncc(Br)c3n2)C1. The summed E-state index contributed by atoms with van der Waals surface area (Å²) in [5.41, 5.74) is 2.60. The molecule has 1 saturated heterocycles. The van der Waals surface area contributed by atoms with E-state index in [0.717, 1.165) is 40.7 Å². The second kappa shape index (κ2) is 7.02. The number of β-amino-alcohol motifs (C(OH)–C–C–N with tert-alkyl or cyclic N) is 1. The number of aliphatic hydroxyl groups excluding tert-OH is 1. The van der Waals surface area contributed by atoms with Gasteiger partial charge in [-0.05, 0) is 40.9 Å². The highest BCUT2D eigenvalue weighted by Crippen LogP contribution is 2.24. The summed E-state index contributed by atoms with van der Waals surface area (Å²) in [4.78, 5) is 19.2. The van der Waals surface area contributed by atoms with Gasteiger partial charge in [-0.1, -0.05) is 12.1 Å². The fraction of sp³-hybridized carbons (Fsp3) is 0.333. The molecule has 0 bridgehead atoms. The molecule has 1 fully saturated rings. The van der Waals surface area contributed by atoms with Crippen LogP contribution in [0.1, 0.15) is 18.7 Å². The molecule has 144 valence electrons. The summed E-state index contributed by atoms with van der Waals surface area (Å²) in [6, 6.07) is 7.92. The second-order valence-electron chi connectivity index (χ2n) is 6.87. The van der Waals surface area contributed by atoms with Crippen molar-refractivity contribution in [2.45, 2.75) is 25.5 Å². The molecular formula is C18H19BrN8O. The van der Waals surface area contributed by atoms with Crippen molar-refractivity contribution in [3.8, 4) is 0 Å². The van der Waals surface area contributed by atoms with Gasteiger partial charge < -0.3 is 20.3 Å². The predicted molar refractivity (Wildman–Crippen MR) is 109 cm³/mol. The molecule has 0 radical (unpaired) electrons. The van der Waals surface area contributed by atoms with Crippen LogP contribution in [0.5, 0.6) is 0 Å². The summed E-state index contributed by atoms with van der Waals surface area (Å²) in [7, 11) is 0. The number of hydrogen-bond donors (Lipinski definition) is 3. The average molecular weight is 443 g/mol. The van der Waals surface area contributed by atoms with Gasteiger partial charge in [0.25, 0.3) is 0 Å². The van der Waals surface area contributed by atoms with Crippen molar-refractivity contribution in [1.82, 2.24) is 29.5 Å². The Balaban J connectivity index is 1.47. The largest absolute Gasteiger partial charge is 0.391 e. The minimum absolute atomic E-state index is 0.353. The van der Waals surface area contributed by atoms with Crippen LogP contribution in [-0.2, 0) is 6.54 Å². The lowest BCUT2D eigenvalue weighted by molar-refractivity contribution is 0.153. The van der Waals surface area contributed by atoms with Crippen LogP contribution in [-0.4, -0.2) is 53.9 Å². The first kappa shape index (κ1) is 17.4. The number of anilines is 2. The summed E-state index contributed by atoms with van der Waals surface area (Å²) in [5.74, 6) is 1.97. The Kier molecular flexibility index (Phi) is 4.36. The summed E-state index contributed by atoms with van der Waals surface area (Å²) in [6.07, 6.45) is 3.07. The maximum absolute atomic E-state index is 10.0. The molecule has 4 heterocycles. The molecule has 10 heteroatoms. The molecule has 1 aromatic carbocycles. The second-order valence-corrected chi connectivity index (χ2v) is 7.73. The maximum Gasteiger partial charge on any atom is 0.230 e. The molecule has 1 atom stereocenters. The Morgan fingerprint density at radius 2 is 2.14 bits per heavy atom. The number of aliphatic hydroxyl groups is 1. The van der Waals surface area contributed by atoms with Gasteiger partial charge >= 0.3 is 0 Å². The van der Waals surface area contributed by atoms with E-state index >= 15 is 0 Å². The Hall–Kier alpha value is -2.72. The quantitative estimate of drug-likeness (QED) is 0.445. The number of H-pyrrole nitrogens is 1. The number of imidazole rings is 1. The van der Waals surface area contributed by atoms with E-state index in [1.807, 2.05) is 29.2 Å². The number of rotatable bonds is 4. The molecular weight excluding hydrogens is 424 g/mol. The molecule has 9 nitrogen and oxygen atoms in total. The van der Waals surface area contributed by atoms with Crippen molar-refractivity contribution in [3.05, 3.63) is 40.8 Å². The standard InChI is InChI=1S/C18H19BrN8O/c19-12-8-21-27-16(12)24-18(26-7-3-4-11(28)10-26)25-17(27)20-9-15-22-13-5-1-2-6-14(13)23-15/h1-2,5-6,8,11,28H,3-4,7,9-10H2,(H,22,23)(H,20,24,25)/t11-/m0/s1. The highest BCUT2D eigenvalue weighted by molar-refractivity contribution is 9.10. The van der Waals surface area contributed by atoms with Crippen molar-refractivity contribution >= 4 is 44.5 Å². The minimum atomic E-state index is -0.353. The Labute approximate surface area is 168 Å². The lowest BCUT2D eigenvalue weighted by Crippen LogP contribution is -2.39. The summed E-state index contributed by atoms with van der Waals surface area (Å²) in [5, 5.41) is 17.7. The van der Waals surface area contributed by atoms with Crippen LogP contribution in [0.3, 0.4) is 0 Å². The molecule has 3 N–H and O–H groups in total. The Morgan fingerprint density at radius 1 is 1.25 bits per heavy atom. The molecule has 1 aliphatic heterocycles. The van der Waals surface area contributed by atoms with Crippen LogP contribution < -0.4 is 10.2 Å². The zero-order valence-electron chi connectivity index (χ0n) is 15.0. The average Bonchev–Trinajstić information content (AvgIpc) is 3.29. The van der Waals surface area contributed by atoms with Gasteiger partial charge in [-0.2, -0.15) is 19.6 Å². The number of aromatic amines is 1. The fourth-order valence-corrected chi connectivity index (χ4v) is 3.83. The third-order valence-electron chi connectivity index (χ3n) is 4.84. The molecule has 28 heavy (non-hydrogen) atoms.